The van der Waals surface area contributed by atoms with E-state index in [9.17, 15) is 10.1 Å². The van der Waals surface area contributed by atoms with Crippen LogP contribution in [0.3, 0.4) is 0 Å². The minimum absolute atomic E-state index is 0.662. The average molecular weight is 189 g/mol. The summed E-state index contributed by atoms with van der Waals surface area (Å²) in [6.45, 7) is 0. The fraction of sp³-hybridized carbons (Fsp3) is 0. The molecule has 7 nitrogen and oxygen atoms in total. The molecule has 0 saturated heterocycles. The van der Waals surface area contributed by atoms with Gasteiger partial charge < -0.3 is 5.73 Å². The van der Waals surface area contributed by atoms with Crippen LogP contribution in [0.1, 0.15) is 0 Å². The van der Waals surface area contributed by atoms with Crippen LogP contribution < -0.4 is 11.2 Å². The third-order valence-electron chi connectivity index (χ3n) is 0.559. The Labute approximate surface area is 71.9 Å². The topological polar surface area (TPSA) is 118 Å². The van der Waals surface area contributed by atoms with Crippen molar-refractivity contribution in [1.82, 2.24) is 10.4 Å². The van der Waals surface area contributed by atoms with Gasteiger partial charge in [-0.2, -0.15) is 0 Å². The Hall–Kier alpha value is -1.70. The Balaban J connectivity index is 0.000000211. The summed E-state index contributed by atoms with van der Waals surface area (Å²) >= 11 is 1.60. The first-order valence-electron chi connectivity index (χ1n) is 2.70. The van der Waals surface area contributed by atoms with Crippen molar-refractivity contribution in [2.24, 2.45) is 5.73 Å². The van der Waals surface area contributed by atoms with Crippen LogP contribution in [0.2, 0.25) is 0 Å². The molecule has 1 heterocycles. The van der Waals surface area contributed by atoms with Crippen molar-refractivity contribution in [3.8, 4) is 0 Å². The molecular formula is C4H7N5O2S. The highest BCUT2D eigenvalue weighted by Gasteiger charge is 1.91. The van der Waals surface area contributed by atoms with Gasteiger partial charge in [0.1, 0.15) is 0 Å². The number of nitro groups is 1. The van der Waals surface area contributed by atoms with Crippen molar-refractivity contribution in [1.29, 1.82) is 5.41 Å². The number of hydrazine groups is 1. The van der Waals surface area contributed by atoms with Crippen LogP contribution in [-0.2, 0) is 0 Å². The van der Waals surface area contributed by atoms with Gasteiger partial charge in [-0.05, 0) is 0 Å². The average Bonchev–Trinajstić information content (AvgIpc) is 2.36. The zero-order valence-electron chi connectivity index (χ0n) is 5.93. The molecule has 1 aromatic heterocycles. The maximum Gasteiger partial charge on any atom is 0.248 e. The smallest absolute Gasteiger partial charge is 0.248 e. The first-order chi connectivity index (χ1) is 5.63. The molecule has 0 amide bonds. The minimum atomic E-state index is -0.900. The van der Waals surface area contributed by atoms with Gasteiger partial charge in [-0.3, -0.25) is 10.4 Å². The van der Waals surface area contributed by atoms with E-state index < -0.39 is 11.0 Å². The van der Waals surface area contributed by atoms with E-state index in [0.717, 1.165) is 0 Å². The fourth-order valence-electron chi connectivity index (χ4n) is 0.274. The number of rotatable bonds is 1. The Morgan fingerprint density at radius 3 is 2.58 bits per heavy atom. The van der Waals surface area contributed by atoms with Crippen molar-refractivity contribution in [2.75, 3.05) is 0 Å². The van der Waals surface area contributed by atoms with E-state index in [2.05, 4.69) is 10.7 Å². The van der Waals surface area contributed by atoms with E-state index in [1.807, 2.05) is 5.38 Å². The molecule has 8 heteroatoms. The highest BCUT2D eigenvalue weighted by atomic mass is 32.1. The molecule has 0 aromatic carbocycles. The number of nitrogens with zero attached hydrogens (tertiary/aromatic N) is 2. The van der Waals surface area contributed by atoms with Crippen molar-refractivity contribution >= 4 is 17.3 Å². The Kier molecular flexibility index (Phi) is 5.18. The van der Waals surface area contributed by atoms with Gasteiger partial charge in [-0.25, -0.2) is 10.1 Å². The lowest BCUT2D eigenvalue weighted by Crippen LogP contribution is -2.34. The lowest BCUT2D eigenvalue weighted by atomic mass is 11.0. The molecule has 0 radical (unpaired) electrons. The number of aromatic nitrogens is 1. The van der Waals surface area contributed by atoms with Gasteiger partial charge in [0.15, 0.2) is 5.03 Å². The van der Waals surface area contributed by atoms with E-state index in [4.69, 9.17) is 5.41 Å². The molecule has 0 unspecified atom stereocenters. The van der Waals surface area contributed by atoms with Crippen LogP contribution >= 0.6 is 11.3 Å². The third-order valence-corrected chi connectivity index (χ3v) is 1.08. The fourth-order valence-corrected chi connectivity index (χ4v) is 0.625. The van der Waals surface area contributed by atoms with Gasteiger partial charge in [0.25, 0.3) is 0 Å². The van der Waals surface area contributed by atoms with Gasteiger partial charge in [-0.1, -0.05) is 5.43 Å². The summed E-state index contributed by atoms with van der Waals surface area (Å²) in [4.78, 5) is 13.0. The number of hydrogen-bond acceptors (Lipinski definition) is 5. The Morgan fingerprint density at radius 2 is 2.50 bits per heavy atom. The van der Waals surface area contributed by atoms with Crippen LogP contribution in [-0.4, -0.2) is 16.0 Å². The van der Waals surface area contributed by atoms with E-state index in [1.165, 1.54) is 5.43 Å². The van der Waals surface area contributed by atoms with Crippen molar-refractivity contribution in [2.45, 2.75) is 0 Å². The van der Waals surface area contributed by atoms with Crippen molar-refractivity contribution < 1.29 is 5.03 Å². The Morgan fingerprint density at radius 1 is 1.83 bits per heavy atom. The number of guanidine groups is 1. The predicted molar refractivity (Wildman–Crippen MR) is 44.2 cm³/mol. The zero-order valence-corrected chi connectivity index (χ0v) is 6.75. The molecule has 0 spiro atoms. The van der Waals surface area contributed by atoms with E-state index >= 15 is 0 Å². The second kappa shape index (κ2) is 6.04. The van der Waals surface area contributed by atoms with E-state index in [0.29, 0.717) is 0 Å². The van der Waals surface area contributed by atoms with Gasteiger partial charge >= 0.3 is 0 Å². The standard InChI is InChI=1S/C3H3NS.CH4N4O2/c1-2-5-3-4-1;2-1(3)4-5(6)7/h1-3H;(H4,2,3,4). The molecule has 4 N–H and O–H groups in total. The molecule has 12 heavy (non-hydrogen) atoms. The summed E-state index contributed by atoms with van der Waals surface area (Å²) in [6, 6.07) is 0. The lowest BCUT2D eigenvalue weighted by molar-refractivity contribution is -0.525. The van der Waals surface area contributed by atoms with Crippen LogP contribution in [0.15, 0.2) is 17.1 Å². The Bertz CT molecular complexity index is 206. The summed E-state index contributed by atoms with van der Waals surface area (Å²) < 4.78 is 0. The predicted octanol–water partition coefficient (Wildman–Crippen LogP) is -0.196. The number of thiazole rings is 1. The van der Waals surface area contributed by atoms with Crippen LogP contribution in [0.4, 0.5) is 0 Å². The molecule has 0 aliphatic heterocycles. The normalized spacial score (nSPS) is 7.67. The monoisotopic (exact) mass is 189 g/mol. The highest BCUT2D eigenvalue weighted by Crippen LogP contribution is 1.85. The summed E-state index contributed by atoms with van der Waals surface area (Å²) in [6.07, 6.45) is 1.77. The largest absolute Gasteiger partial charge is 0.366 e. The number of nitrogens with one attached hydrogen (secondary N) is 2. The maximum absolute atomic E-state index is 9.28. The summed E-state index contributed by atoms with van der Waals surface area (Å²) in [5.41, 5.74) is 7.70. The molecule has 1 rings (SSSR count). The van der Waals surface area contributed by atoms with E-state index in [-0.39, 0.29) is 0 Å². The van der Waals surface area contributed by atoms with Crippen LogP contribution in [0, 0.1) is 15.5 Å². The van der Waals surface area contributed by atoms with Crippen LogP contribution in [0.25, 0.3) is 0 Å². The molecule has 0 atom stereocenters. The first-order valence-corrected chi connectivity index (χ1v) is 3.64. The second-order valence-corrected chi connectivity index (χ2v) is 2.21. The van der Waals surface area contributed by atoms with Gasteiger partial charge in [-0.15, -0.1) is 11.3 Å². The quantitative estimate of drug-likeness (QED) is 0.245. The third kappa shape index (κ3) is 8.30. The van der Waals surface area contributed by atoms with Gasteiger partial charge in [0.05, 0.1) is 5.51 Å². The van der Waals surface area contributed by atoms with Gasteiger partial charge in [0, 0.05) is 11.6 Å². The number of hydrogen-bond donors (Lipinski definition) is 3. The molecule has 0 aliphatic rings. The van der Waals surface area contributed by atoms with Crippen molar-refractivity contribution in [3.63, 3.8) is 0 Å². The maximum atomic E-state index is 9.28. The van der Waals surface area contributed by atoms with Gasteiger partial charge in [0.2, 0.25) is 5.96 Å². The molecule has 0 bridgehead atoms. The molecule has 0 saturated carbocycles. The molecule has 1 aromatic rings. The SMILES string of the molecule is N=C(N)N[N+](=O)[O-].c1cscn1. The zero-order chi connectivity index (χ0) is 9.40. The lowest BCUT2D eigenvalue weighted by Gasteiger charge is -1.86. The van der Waals surface area contributed by atoms with E-state index in [1.54, 1.807) is 23.0 Å². The molecule has 0 fully saturated rings. The molecular weight excluding hydrogens is 182 g/mol. The minimum Gasteiger partial charge on any atom is -0.366 e. The summed E-state index contributed by atoms with van der Waals surface area (Å²) in [5, 5.41) is 16.6. The van der Waals surface area contributed by atoms with Crippen molar-refractivity contribution in [3.05, 3.63) is 27.2 Å². The number of nitrogens with two attached hydrogens (primary N) is 1. The highest BCUT2D eigenvalue weighted by molar-refractivity contribution is 7.07. The summed E-state index contributed by atoms with van der Waals surface area (Å²) in [7, 11) is 0. The molecule has 0 aliphatic carbocycles. The first kappa shape index (κ1) is 10.3. The molecule has 66 valence electrons. The summed E-state index contributed by atoms with van der Waals surface area (Å²) in [5.74, 6) is -0.662. The van der Waals surface area contributed by atoms with Crippen LogP contribution in [0.5, 0.6) is 0 Å². The second-order valence-electron chi connectivity index (χ2n) is 1.46.